The molecule has 1 N–H and O–H groups in total. The van der Waals surface area contributed by atoms with E-state index in [9.17, 15) is 4.79 Å². The molecule has 0 bridgehead atoms. The van der Waals surface area contributed by atoms with Gasteiger partial charge in [-0.2, -0.15) is 15.0 Å². The fourth-order valence-corrected chi connectivity index (χ4v) is 2.32. The lowest BCUT2D eigenvalue weighted by Crippen LogP contribution is -2.38. The minimum Gasteiger partial charge on any atom is -0.354 e. The van der Waals surface area contributed by atoms with Crippen LogP contribution in [0.5, 0.6) is 0 Å². The molecule has 1 aliphatic heterocycles. The number of amides is 1. The maximum absolute atomic E-state index is 12.1. The van der Waals surface area contributed by atoms with E-state index in [1.165, 1.54) is 0 Å². The van der Waals surface area contributed by atoms with Gasteiger partial charge in [0.15, 0.2) is 0 Å². The van der Waals surface area contributed by atoms with Crippen LogP contribution < -0.4 is 10.2 Å². The van der Waals surface area contributed by atoms with Gasteiger partial charge in [0, 0.05) is 26.7 Å². The fourth-order valence-electron chi connectivity index (χ4n) is 2.17. The van der Waals surface area contributed by atoms with Crippen molar-refractivity contribution in [3.05, 3.63) is 5.28 Å². The Hall–Kier alpha value is -1.63. The Morgan fingerprint density at radius 1 is 1.33 bits per heavy atom. The highest BCUT2D eigenvalue weighted by molar-refractivity contribution is 6.28. The average Bonchev–Trinajstić information content (AvgIpc) is 2.98. The zero-order chi connectivity index (χ0) is 15.2. The summed E-state index contributed by atoms with van der Waals surface area (Å²) in [6, 6.07) is 0. The molecule has 0 radical (unpaired) electrons. The molecule has 1 fully saturated rings. The van der Waals surface area contributed by atoms with Gasteiger partial charge in [-0.1, -0.05) is 6.92 Å². The van der Waals surface area contributed by atoms with Gasteiger partial charge in [-0.3, -0.25) is 4.79 Å². The van der Waals surface area contributed by atoms with E-state index in [1.54, 1.807) is 11.9 Å². The van der Waals surface area contributed by atoms with Crippen LogP contribution in [0.3, 0.4) is 0 Å². The predicted molar refractivity (Wildman–Crippen MR) is 82.7 cm³/mol. The van der Waals surface area contributed by atoms with Crippen LogP contribution in [0.15, 0.2) is 0 Å². The molecule has 0 atom stereocenters. The molecule has 8 heteroatoms. The summed E-state index contributed by atoms with van der Waals surface area (Å²) in [5.41, 5.74) is 0. The van der Waals surface area contributed by atoms with E-state index in [2.05, 4.69) is 27.2 Å². The Morgan fingerprint density at radius 3 is 2.71 bits per heavy atom. The Morgan fingerprint density at radius 2 is 2.05 bits per heavy atom. The molecule has 1 aromatic heterocycles. The molecule has 116 valence electrons. The van der Waals surface area contributed by atoms with Gasteiger partial charge in [0.25, 0.3) is 0 Å². The van der Waals surface area contributed by atoms with Gasteiger partial charge in [0.2, 0.25) is 23.1 Å². The zero-order valence-electron chi connectivity index (χ0n) is 12.5. The van der Waals surface area contributed by atoms with Crippen LogP contribution >= 0.6 is 11.6 Å². The molecular formula is C13H21ClN6O. The van der Waals surface area contributed by atoms with Crippen LogP contribution in [0.25, 0.3) is 0 Å². The number of likely N-dealkylation sites (N-methyl/N-ethyl adjacent to an activating group) is 1. The van der Waals surface area contributed by atoms with Crippen molar-refractivity contribution >= 4 is 29.4 Å². The van der Waals surface area contributed by atoms with Crippen LogP contribution in [0.4, 0.5) is 11.9 Å². The van der Waals surface area contributed by atoms with Gasteiger partial charge < -0.3 is 15.1 Å². The number of hydrogen-bond acceptors (Lipinski definition) is 6. The molecule has 2 rings (SSSR count). The van der Waals surface area contributed by atoms with Crippen molar-refractivity contribution in [2.24, 2.45) is 0 Å². The molecule has 7 nitrogen and oxygen atoms in total. The lowest BCUT2D eigenvalue weighted by molar-refractivity contribution is -0.128. The van der Waals surface area contributed by atoms with Crippen molar-refractivity contribution in [2.45, 2.75) is 26.2 Å². The first-order valence-corrected chi connectivity index (χ1v) is 7.62. The molecule has 0 saturated carbocycles. The van der Waals surface area contributed by atoms with E-state index in [4.69, 9.17) is 11.6 Å². The first-order chi connectivity index (χ1) is 10.1. The van der Waals surface area contributed by atoms with Gasteiger partial charge in [-0.15, -0.1) is 0 Å². The zero-order valence-corrected chi connectivity index (χ0v) is 13.2. The van der Waals surface area contributed by atoms with Crippen LogP contribution in [0, 0.1) is 0 Å². The first kappa shape index (κ1) is 15.8. The van der Waals surface area contributed by atoms with Gasteiger partial charge in [-0.05, 0) is 30.9 Å². The molecule has 1 saturated heterocycles. The lowest BCUT2D eigenvalue weighted by atomic mass is 10.4. The standard InChI is InChI=1S/C13H21ClN6O/c1-3-6-15-12-16-11(14)17-13(18-12)19(2)9-10(21)20-7-4-5-8-20/h3-9H2,1-2H3,(H,15,16,17,18). The number of aromatic nitrogens is 3. The van der Waals surface area contributed by atoms with Crippen LogP contribution in [-0.2, 0) is 4.79 Å². The number of carbonyl (C=O) groups excluding carboxylic acids is 1. The summed E-state index contributed by atoms with van der Waals surface area (Å²) in [6.07, 6.45) is 3.12. The second kappa shape index (κ2) is 7.40. The van der Waals surface area contributed by atoms with Crippen molar-refractivity contribution in [3.8, 4) is 0 Å². The Labute approximate surface area is 129 Å². The van der Waals surface area contributed by atoms with Crippen molar-refractivity contribution in [3.63, 3.8) is 0 Å². The van der Waals surface area contributed by atoms with Crippen LogP contribution in [-0.4, -0.2) is 59.0 Å². The summed E-state index contributed by atoms with van der Waals surface area (Å²) in [5, 5.41) is 3.19. The Bertz CT molecular complexity index is 492. The van der Waals surface area contributed by atoms with E-state index in [-0.39, 0.29) is 17.7 Å². The first-order valence-electron chi connectivity index (χ1n) is 7.24. The molecule has 0 unspecified atom stereocenters. The second-order valence-corrected chi connectivity index (χ2v) is 5.44. The van der Waals surface area contributed by atoms with Crippen molar-refractivity contribution in [2.75, 3.05) is 43.4 Å². The highest BCUT2D eigenvalue weighted by Gasteiger charge is 2.20. The minimum absolute atomic E-state index is 0.0922. The number of halogens is 1. The highest BCUT2D eigenvalue weighted by atomic mass is 35.5. The summed E-state index contributed by atoms with van der Waals surface area (Å²) >= 11 is 5.91. The summed E-state index contributed by atoms with van der Waals surface area (Å²) in [6.45, 7) is 4.74. The SMILES string of the molecule is CCCNc1nc(Cl)nc(N(C)CC(=O)N2CCCC2)n1. The van der Waals surface area contributed by atoms with E-state index in [0.717, 1.165) is 38.9 Å². The summed E-state index contributed by atoms with van der Waals surface area (Å²) in [7, 11) is 1.78. The molecule has 0 aromatic carbocycles. The van der Waals surface area contributed by atoms with Gasteiger partial charge in [0.1, 0.15) is 0 Å². The quantitative estimate of drug-likeness (QED) is 0.856. The number of nitrogens with zero attached hydrogens (tertiary/aromatic N) is 5. The summed E-state index contributed by atoms with van der Waals surface area (Å²) in [5.74, 6) is 0.933. The molecule has 21 heavy (non-hydrogen) atoms. The van der Waals surface area contributed by atoms with Crippen LogP contribution in [0.1, 0.15) is 26.2 Å². The van der Waals surface area contributed by atoms with Gasteiger partial charge >= 0.3 is 0 Å². The van der Waals surface area contributed by atoms with E-state index >= 15 is 0 Å². The van der Waals surface area contributed by atoms with Crippen LogP contribution in [0.2, 0.25) is 5.28 Å². The number of anilines is 2. The van der Waals surface area contributed by atoms with E-state index in [1.807, 2.05) is 4.90 Å². The number of hydrogen-bond donors (Lipinski definition) is 1. The molecule has 0 spiro atoms. The molecule has 1 aromatic rings. The summed E-state index contributed by atoms with van der Waals surface area (Å²) in [4.78, 5) is 28.1. The maximum Gasteiger partial charge on any atom is 0.242 e. The molecule has 2 heterocycles. The Balaban J connectivity index is 2.01. The number of nitrogens with one attached hydrogen (secondary N) is 1. The Kier molecular flexibility index (Phi) is 5.55. The molecular weight excluding hydrogens is 292 g/mol. The maximum atomic E-state index is 12.1. The number of likely N-dealkylation sites (tertiary alicyclic amines) is 1. The highest BCUT2D eigenvalue weighted by Crippen LogP contribution is 2.14. The van der Waals surface area contributed by atoms with Gasteiger partial charge in [0.05, 0.1) is 6.54 Å². The normalized spacial score (nSPS) is 14.3. The molecule has 1 amide bonds. The van der Waals surface area contributed by atoms with Crippen molar-refractivity contribution < 1.29 is 4.79 Å². The molecule has 1 aliphatic rings. The fraction of sp³-hybridized carbons (Fsp3) is 0.692. The third kappa shape index (κ3) is 4.42. The molecule has 0 aliphatic carbocycles. The number of rotatable bonds is 6. The lowest BCUT2D eigenvalue weighted by Gasteiger charge is -2.21. The van der Waals surface area contributed by atoms with Gasteiger partial charge in [-0.25, -0.2) is 0 Å². The second-order valence-electron chi connectivity index (χ2n) is 5.10. The largest absolute Gasteiger partial charge is 0.354 e. The monoisotopic (exact) mass is 312 g/mol. The average molecular weight is 313 g/mol. The smallest absolute Gasteiger partial charge is 0.242 e. The van der Waals surface area contributed by atoms with E-state index < -0.39 is 0 Å². The summed E-state index contributed by atoms with van der Waals surface area (Å²) < 4.78 is 0. The van der Waals surface area contributed by atoms with E-state index in [0.29, 0.717) is 11.9 Å². The predicted octanol–water partition coefficient (Wildman–Crippen LogP) is 1.41. The minimum atomic E-state index is 0.0922. The van der Waals surface area contributed by atoms with Crippen molar-refractivity contribution in [1.29, 1.82) is 0 Å². The number of carbonyl (C=O) groups is 1. The van der Waals surface area contributed by atoms with Crippen molar-refractivity contribution in [1.82, 2.24) is 19.9 Å². The third-order valence-corrected chi connectivity index (χ3v) is 3.47. The third-order valence-electron chi connectivity index (χ3n) is 3.30. The topological polar surface area (TPSA) is 74.2 Å².